The van der Waals surface area contributed by atoms with Gasteiger partial charge in [-0.05, 0) is 38.5 Å². The SMILES string of the molecule is CC1CN(S(=O)(=O)Cc2cccc(N)c2)CC(C)(C)O1. The molecule has 2 rings (SSSR count). The Morgan fingerprint density at radius 2 is 2.15 bits per heavy atom. The lowest BCUT2D eigenvalue weighted by atomic mass is 10.1. The molecule has 112 valence electrons. The minimum atomic E-state index is -3.36. The average molecular weight is 298 g/mol. The van der Waals surface area contributed by atoms with E-state index in [0.717, 1.165) is 0 Å². The summed E-state index contributed by atoms with van der Waals surface area (Å²) in [7, 11) is -3.36. The smallest absolute Gasteiger partial charge is 0.218 e. The molecule has 0 amide bonds. The number of sulfonamides is 1. The van der Waals surface area contributed by atoms with Crippen molar-refractivity contribution in [1.29, 1.82) is 0 Å². The molecule has 1 aliphatic heterocycles. The van der Waals surface area contributed by atoms with Crippen LogP contribution in [0.4, 0.5) is 5.69 Å². The maximum absolute atomic E-state index is 12.5. The molecule has 6 heteroatoms. The second-order valence-corrected chi connectivity index (χ2v) is 7.95. The summed E-state index contributed by atoms with van der Waals surface area (Å²) < 4.78 is 32.3. The summed E-state index contributed by atoms with van der Waals surface area (Å²) in [5.41, 5.74) is 6.52. The standard InChI is InChI=1S/C14H22N2O3S/c1-11-8-16(10-14(2,3)19-11)20(17,18)9-12-5-4-6-13(15)7-12/h4-7,11H,8-10,15H2,1-3H3. The van der Waals surface area contributed by atoms with Gasteiger partial charge in [0.2, 0.25) is 10.0 Å². The molecule has 1 atom stereocenters. The molecule has 1 unspecified atom stereocenters. The summed E-state index contributed by atoms with van der Waals surface area (Å²) in [5, 5.41) is 0. The number of nitrogens with two attached hydrogens (primary N) is 1. The van der Waals surface area contributed by atoms with Gasteiger partial charge < -0.3 is 10.5 Å². The first kappa shape index (κ1) is 15.3. The Morgan fingerprint density at radius 1 is 1.45 bits per heavy atom. The quantitative estimate of drug-likeness (QED) is 0.860. The number of nitrogens with zero attached hydrogens (tertiary/aromatic N) is 1. The number of anilines is 1. The highest BCUT2D eigenvalue weighted by Gasteiger charge is 2.37. The maximum Gasteiger partial charge on any atom is 0.218 e. The average Bonchev–Trinajstić information content (AvgIpc) is 2.25. The predicted octanol–water partition coefficient (Wildman–Crippen LogP) is 1.60. The predicted molar refractivity (Wildman–Crippen MR) is 79.7 cm³/mol. The largest absolute Gasteiger partial charge is 0.399 e. The lowest BCUT2D eigenvalue weighted by molar-refractivity contribution is -0.109. The highest BCUT2D eigenvalue weighted by molar-refractivity contribution is 7.88. The second kappa shape index (κ2) is 5.35. The van der Waals surface area contributed by atoms with E-state index in [-0.39, 0.29) is 11.9 Å². The Morgan fingerprint density at radius 3 is 2.75 bits per heavy atom. The van der Waals surface area contributed by atoms with Gasteiger partial charge in [0.15, 0.2) is 0 Å². The fraction of sp³-hybridized carbons (Fsp3) is 0.571. The minimum absolute atomic E-state index is 0.0269. The zero-order valence-electron chi connectivity index (χ0n) is 12.2. The van der Waals surface area contributed by atoms with Crippen LogP contribution in [0.25, 0.3) is 0 Å². The Labute approximate surface area is 120 Å². The molecular formula is C14H22N2O3S. The molecule has 0 saturated carbocycles. The molecule has 1 fully saturated rings. The summed E-state index contributed by atoms with van der Waals surface area (Å²) >= 11 is 0. The molecule has 1 saturated heterocycles. The van der Waals surface area contributed by atoms with Gasteiger partial charge in [0.1, 0.15) is 0 Å². The van der Waals surface area contributed by atoms with Crippen LogP contribution in [0.1, 0.15) is 26.3 Å². The highest BCUT2D eigenvalue weighted by atomic mass is 32.2. The molecule has 0 radical (unpaired) electrons. The third-order valence-corrected chi connectivity index (χ3v) is 4.99. The van der Waals surface area contributed by atoms with Gasteiger partial charge in [-0.1, -0.05) is 12.1 Å². The number of benzene rings is 1. The molecule has 0 spiro atoms. The monoisotopic (exact) mass is 298 g/mol. The molecule has 0 aromatic heterocycles. The maximum atomic E-state index is 12.5. The van der Waals surface area contributed by atoms with Crippen molar-refractivity contribution >= 4 is 15.7 Å². The summed E-state index contributed by atoms with van der Waals surface area (Å²) in [6.45, 7) is 6.48. The first-order valence-corrected chi connectivity index (χ1v) is 8.29. The lowest BCUT2D eigenvalue weighted by Crippen LogP contribution is -2.53. The number of rotatable bonds is 3. The van der Waals surface area contributed by atoms with Crippen molar-refractivity contribution in [3.63, 3.8) is 0 Å². The van der Waals surface area contributed by atoms with Crippen LogP contribution >= 0.6 is 0 Å². The van der Waals surface area contributed by atoms with Crippen molar-refractivity contribution in [2.75, 3.05) is 18.8 Å². The number of nitrogen functional groups attached to an aromatic ring is 1. The van der Waals surface area contributed by atoms with E-state index in [1.165, 1.54) is 4.31 Å². The number of hydrogen-bond acceptors (Lipinski definition) is 4. The van der Waals surface area contributed by atoms with Crippen LogP contribution in [0.2, 0.25) is 0 Å². The Kier molecular flexibility index (Phi) is 4.09. The molecule has 1 heterocycles. The summed E-state index contributed by atoms with van der Waals surface area (Å²) in [5.74, 6) is -0.0269. The van der Waals surface area contributed by atoms with Crippen molar-refractivity contribution in [1.82, 2.24) is 4.31 Å². The Bertz CT molecular complexity index is 584. The van der Waals surface area contributed by atoms with Crippen molar-refractivity contribution < 1.29 is 13.2 Å². The lowest BCUT2D eigenvalue weighted by Gasteiger charge is -2.40. The van der Waals surface area contributed by atoms with E-state index >= 15 is 0 Å². The fourth-order valence-corrected chi connectivity index (χ4v) is 4.32. The van der Waals surface area contributed by atoms with Crippen LogP contribution in [0.3, 0.4) is 0 Å². The third-order valence-electron chi connectivity index (χ3n) is 3.23. The minimum Gasteiger partial charge on any atom is -0.399 e. The van der Waals surface area contributed by atoms with Gasteiger partial charge >= 0.3 is 0 Å². The van der Waals surface area contributed by atoms with Gasteiger partial charge in [-0.15, -0.1) is 0 Å². The van der Waals surface area contributed by atoms with E-state index in [0.29, 0.717) is 24.3 Å². The molecule has 1 aromatic rings. The topological polar surface area (TPSA) is 72.6 Å². The molecule has 20 heavy (non-hydrogen) atoms. The molecule has 5 nitrogen and oxygen atoms in total. The summed E-state index contributed by atoms with van der Waals surface area (Å²) in [6.07, 6.45) is -0.102. The fourth-order valence-electron chi connectivity index (χ4n) is 2.59. The normalized spacial score (nSPS) is 23.6. The zero-order chi connectivity index (χ0) is 15.0. The summed E-state index contributed by atoms with van der Waals surface area (Å²) in [6, 6.07) is 7.00. The van der Waals surface area contributed by atoms with Crippen molar-refractivity contribution in [2.24, 2.45) is 0 Å². The number of morpholine rings is 1. The van der Waals surface area contributed by atoms with Crippen molar-refractivity contribution in [2.45, 2.75) is 38.2 Å². The van der Waals surface area contributed by atoms with Gasteiger partial charge in [-0.3, -0.25) is 0 Å². The first-order chi connectivity index (χ1) is 9.18. The van der Waals surface area contributed by atoms with E-state index < -0.39 is 15.6 Å². The van der Waals surface area contributed by atoms with E-state index in [9.17, 15) is 8.42 Å². The van der Waals surface area contributed by atoms with Crippen LogP contribution in [0.15, 0.2) is 24.3 Å². The molecule has 0 aliphatic carbocycles. The zero-order valence-corrected chi connectivity index (χ0v) is 13.0. The molecule has 1 aromatic carbocycles. The Hall–Kier alpha value is -1.11. The molecule has 0 bridgehead atoms. The van der Waals surface area contributed by atoms with Gasteiger partial charge in [0.05, 0.1) is 17.5 Å². The van der Waals surface area contributed by atoms with Crippen molar-refractivity contribution in [3.05, 3.63) is 29.8 Å². The van der Waals surface area contributed by atoms with Crippen LogP contribution in [0.5, 0.6) is 0 Å². The van der Waals surface area contributed by atoms with Gasteiger partial charge in [0, 0.05) is 18.8 Å². The van der Waals surface area contributed by atoms with E-state index in [2.05, 4.69) is 0 Å². The second-order valence-electron chi connectivity index (χ2n) is 5.98. The van der Waals surface area contributed by atoms with Crippen LogP contribution in [0, 0.1) is 0 Å². The van der Waals surface area contributed by atoms with Gasteiger partial charge in [0.25, 0.3) is 0 Å². The van der Waals surface area contributed by atoms with E-state index in [1.54, 1.807) is 24.3 Å². The third kappa shape index (κ3) is 3.71. The van der Waals surface area contributed by atoms with Crippen molar-refractivity contribution in [3.8, 4) is 0 Å². The van der Waals surface area contributed by atoms with E-state index in [1.807, 2.05) is 20.8 Å². The highest BCUT2D eigenvalue weighted by Crippen LogP contribution is 2.24. The molecular weight excluding hydrogens is 276 g/mol. The molecule has 1 aliphatic rings. The van der Waals surface area contributed by atoms with Gasteiger partial charge in [-0.2, -0.15) is 4.31 Å². The summed E-state index contributed by atoms with van der Waals surface area (Å²) in [4.78, 5) is 0. The van der Waals surface area contributed by atoms with Crippen LogP contribution in [-0.4, -0.2) is 37.5 Å². The van der Waals surface area contributed by atoms with Crippen LogP contribution < -0.4 is 5.73 Å². The molecule has 2 N–H and O–H groups in total. The number of ether oxygens (including phenoxy) is 1. The Balaban J connectivity index is 2.18. The first-order valence-electron chi connectivity index (χ1n) is 6.68. The number of hydrogen-bond donors (Lipinski definition) is 1. The van der Waals surface area contributed by atoms with Crippen LogP contribution in [-0.2, 0) is 20.5 Å². The van der Waals surface area contributed by atoms with E-state index in [4.69, 9.17) is 10.5 Å². The van der Waals surface area contributed by atoms with Gasteiger partial charge in [-0.25, -0.2) is 8.42 Å².